The van der Waals surface area contributed by atoms with Crippen molar-refractivity contribution in [3.63, 3.8) is 0 Å². The molecule has 0 aliphatic rings. The Morgan fingerprint density at radius 3 is 2.41 bits per heavy atom. The number of amides is 1. The van der Waals surface area contributed by atoms with Crippen molar-refractivity contribution in [2.45, 2.75) is 50.3 Å². The number of carbonyl (C=O) groups excluding carboxylic acids is 1. The Morgan fingerprint density at radius 1 is 1.15 bits per heavy atom. The summed E-state index contributed by atoms with van der Waals surface area (Å²) in [5.41, 5.74) is 2.36. The predicted octanol–water partition coefficient (Wildman–Crippen LogP) is 3.88. The van der Waals surface area contributed by atoms with Gasteiger partial charge in [-0.3, -0.25) is 4.79 Å². The molecule has 1 amide bonds. The van der Waals surface area contributed by atoms with Crippen molar-refractivity contribution in [3.05, 3.63) is 52.9 Å². The fourth-order valence-corrected chi connectivity index (χ4v) is 4.92. The first kappa shape index (κ1) is 21.6. The van der Waals surface area contributed by atoms with Crippen LogP contribution in [0.1, 0.15) is 50.8 Å². The van der Waals surface area contributed by atoms with Crippen LogP contribution in [-0.2, 0) is 21.2 Å². The third-order valence-corrected chi connectivity index (χ3v) is 7.12. The zero-order valence-corrected chi connectivity index (χ0v) is 17.7. The second kappa shape index (κ2) is 10.0. The van der Waals surface area contributed by atoms with E-state index in [4.69, 9.17) is 0 Å². The number of rotatable bonds is 10. The minimum atomic E-state index is -3.53. The molecule has 27 heavy (non-hydrogen) atoms. The highest BCUT2D eigenvalue weighted by atomic mass is 32.2. The first-order chi connectivity index (χ1) is 12.8. The van der Waals surface area contributed by atoms with E-state index < -0.39 is 10.0 Å². The molecule has 7 heteroatoms. The van der Waals surface area contributed by atoms with Gasteiger partial charge in [0.2, 0.25) is 15.9 Å². The molecule has 2 aromatic rings. The van der Waals surface area contributed by atoms with E-state index in [2.05, 4.69) is 55.1 Å². The van der Waals surface area contributed by atoms with Crippen LogP contribution in [0.5, 0.6) is 0 Å². The number of carbonyl (C=O) groups is 1. The van der Waals surface area contributed by atoms with Crippen LogP contribution in [0.4, 0.5) is 0 Å². The summed E-state index contributed by atoms with van der Waals surface area (Å²) in [6, 6.07) is 11.5. The average Bonchev–Trinajstić information content (AvgIpc) is 3.16. The van der Waals surface area contributed by atoms with E-state index in [1.807, 2.05) is 0 Å². The van der Waals surface area contributed by atoms with E-state index in [1.165, 1.54) is 5.56 Å². The van der Waals surface area contributed by atoms with Crippen molar-refractivity contribution in [1.29, 1.82) is 0 Å². The monoisotopic (exact) mass is 408 g/mol. The number of hydrogen-bond donors (Lipinski definition) is 2. The highest BCUT2D eigenvalue weighted by Crippen LogP contribution is 2.22. The molecule has 0 aliphatic heterocycles. The summed E-state index contributed by atoms with van der Waals surface area (Å²) >= 11 is 1.15. The van der Waals surface area contributed by atoms with Gasteiger partial charge in [0.25, 0.3) is 0 Å². The van der Waals surface area contributed by atoms with Gasteiger partial charge in [-0.05, 0) is 34.9 Å². The second-order valence-electron chi connectivity index (χ2n) is 6.86. The highest BCUT2D eigenvalue weighted by molar-refractivity contribution is 7.91. The number of thiophene rings is 1. The molecule has 0 radical (unpaired) electrons. The standard InChI is InChI=1S/C20H28N2O3S2/c1-4-6-16-8-10-17(11-9-16)20(15(2)3)22-18(23)12-13-21-27(24,25)19-7-5-14-26-19/h5,7-11,14-15,20-21H,4,6,12-13H2,1-3H3,(H,22,23)/t20-/m1/s1. The molecule has 0 bridgehead atoms. The second-order valence-corrected chi connectivity index (χ2v) is 9.80. The Bertz CT molecular complexity index is 813. The summed E-state index contributed by atoms with van der Waals surface area (Å²) in [7, 11) is -3.53. The normalized spacial score (nSPS) is 12.9. The molecule has 0 saturated carbocycles. The summed E-state index contributed by atoms with van der Waals surface area (Å²) in [4.78, 5) is 12.3. The molecular formula is C20H28N2O3S2. The Hall–Kier alpha value is -1.70. The number of benzene rings is 1. The van der Waals surface area contributed by atoms with Crippen LogP contribution >= 0.6 is 11.3 Å². The molecular weight excluding hydrogens is 380 g/mol. The third-order valence-electron chi connectivity index (χ3n) is 4.26. The van der Waals surface area contributed by atoms with Gasteiger partial charge in [-0.1, -0.05) is 57.5 Å². The molecule has 2 rings (SSSR count). The third kappa shape index (κ3) is 6.45. The van der Waals surface area contributed by atoms with Gasteiger partial charge in [-0.25, -0.2) is 13.1 Å². The molecule has 1 aromatic carbocycles. The lowest BCUT2D eigenvalue weighted by Crippen LogP contribution is -2.34. The van der Waals surface area contributed by atoms with Crippen LogP contribution in [0.15, 0.2) is 46.0 Å². The summed E-state index contributed by atoms with van der Waals surface area (Å²) in [5, 5.41) is 4.74. The number of sulfonamides is 1. The van der Waals surface area contributed by atoms with Crippen LogP contribution in [0, 0.1) is 5.92 Å². The number of aryl methyl sites for hydroxylation is 1. The molecule has 0 spiro atoms. The molecule has 1 atom stereocenters. The average molecular weight is 409 g/mol. The summed E-state index contributed by atoms with van der Waals surface area (Å²) in [6.45, 7) is 6.35. The zero-order chi connectivity index (χ0) is 19.9. The SMILES string of the molecule is CCCc1ccc([C@H](NC(=O)CCNS(=O)(=O)c2cccs2)C(C)C)cc1. The maximum atomic E-state index is 12.3. The maximum absolute atomic E-state index is 12.3. The Kier molecular flexibility index (Phi) is 8.01. The van der Waals surface area contributed by atoms with E-state index in [0.717, 1.165) is 29.7 Å². The van der Waals surface area contributed by atoms with Crippen LogP contribution in [0.25, 0.3) is 0 Å². The van der Waals surface area contributed by atoms with Crippen LogP contribution in [-0.4, -0.2) is 20.9 Å². The van der Waals surface area contributed by atoms with Gasteiger partial charge in [0.15, 0.2) is 0 Å². The Morgan fingerprint density at radius 2 is 1.85 bits per heavy atom. The molecule has 2 N–H and O–H groups in total. The van der Waals surface area contributed by atoms with Gasteiger partial charge in [0, 0.05) is 13.0 Å². The number of hydrogen-bond acceptors (Lipinski definition) is 4. The first-order valence-electron chi connectivity index (χ1n) is 9.25. The summed E-state index contributed by atoms with van der Waals surface area (Å²) in [5.74, 6) is 0.0639. The summed E-state index contributed by atoms with van der Waals surface area (Å²) < 4.78 is 26.9. The fraction of sp³-hybridized carbons (Fsp3) is 0.450. The molecule has 0 fully saturated rings. The van der Waals surface area contributed by atoms with Gasteiger partial charge in [0.1, 0.15) is 4.21 Å². The molecule has 5 nitrogen and oxygen atoms in total. The van der Waals surface area contributed by atoms with Gasteiger partial charge in [-0.15, -0.1) is 11.3 Å². The van der Waals surface area contributed by atoms with E-state index >= 15 is 0 Å². The van der Waals surface area contributed by atoms with E-state index in [9.17, 15) is 13.2 Å². The van der Waals surface area contributed by atoms with Crippen molar-refractivity contribution in [2.75, 3.05) is 6.54 Å². The molecule has 148 valence electrons. The summed E-state index contributed by atoms with van der Waals surface area (Å²) in [6.07, 6.45) is 2.25. The quantitative estimate of drug-likeness (QED) is 0.626. The lowest BCUT2D eigenvalue weighted by atomic mass is 9.94. The Labute approximate surface area is 166 Å². The van der Waals surface area contributed by atoms with E-state index in [1.54, 1.807) is 17.5 Å². The predicted molar refractivity (Wildman–Crippen MR) is 110 cm³/mol. The van der Waals surface area contributed by atoms with Gasteiger partial charge >= 0.3 is 0 Å². The largest absolute Gasteiger partial charge is 0.349 e. The van der Waals surface area contributed by atoms with Crippen molar-refractivity contribution in [1.82, 2.24) is 10.0 Å². The van der Waals surface area contributed by atoms with Crippen LogP contribution < -0.4 is 10.0 Å². The lowest BCUT2D eigenvalue weighted by Gasteiger charge is -2.23. The maximum Gasteiger partial charge on any atom is 0.250 e. The van der Waals surface area contributed by atoms with Crippen molar-refractivity contribution < 1.29 is 13.2 Å². The van der Waals surface area contributed by atoms with E-state index in [-0.39, 0.29) is 35.0 Å². The molecule has 0 aliphatic carbocycles. The molecule has 0 saturated heterocycles. The Balaban J connectivity index is 1.91. The van der Waals surface area contributed by atoms with Crippen molar-refractivity contribution in [2.24, 2.45) is 5.92 Å². The molecule has 1 heterocycles. The number of nitrogens with one attached hydrogen (secondary N) is 2. The fourth-order valence-electron chi connectivity index (χ4n) is 2.85. The van der Waals surface area contributed by atoms with Gasteiger partial charge in [0.05, 0.1) is 6.04 Å². The highest BCUT2D eigenvalue weighted by Gasteiger charge is 2.19. The zero-order valence-electron chi connectivity index (χ0n) is 16.1. The molecule has 0 unspecified atom stereocenters. The van der Waals surface area contributed by atoms with Crippen molar-refractivity contribution in [3.8, 4) is 0 Å². The van der Waals surface area contributed by atoms with Gasteiger partial charge < -0.3 is 5.32 Å². The topological polar surface area (TPSA) is 75.3 Å². The van der Waals surface area contributed by atoms with Crippen LogP contribution in [0.3, 0.4) is 0 Å². The molecule has 1 aromatic heterocycles. The van der Waals surface area contributed by atoms with Crippen LogP contribution in [0.2, 0.25) is 0 Å². The van der Waals surface area contributed by atoms with Crippen molar-refractivity contribution >= 4 is 27.3 Å². The smallest absolute Gasteiger partial charge is 0.250 e. The first-order valence-corrected chi connectivity index (χ1v) is 11.6. The minimum Gasteiger partial charge on any atom is -0.349 e. The lowest BCUT2D eigenvalue weighted by molar-refractivity contribution is -0.122. The van der Waals surface area contributed by atoms with Gasteiger partial charge in [-0.2, -0.15) is 0 Å². The minimum absolute atomic E-state index is 0.0757. The van der Waals surface area contributed by atoms with E-state index in [0.29, 0.717) is 0 Å².